The largest absolute Gasteiger partial charge is 0.488 e. The Morgan fingerprint density at radius 1 is 0.739 bits per heavy atom. The van der Waals surface area contributed by atoms with Gasteiger partial charge in [-0.3, -0.25) is 0 Å². The van der Waals surface area contributed by atoms with Gasteiger partial charge in [-0.1, -0.05) is 72.8 Å². The van der Waals surface area contributed by atoms with Gasteiger partial charge in [-0.2, -0.15) is 0 Å². The van der Waals surface area contributed by atoms with Crippen LogP contribution in [0.25, 0.3) is 11.1 Å². The van der Waals surface area contributed by atoms with E-state index < -0.39 is 0 Å². The second-order valence-corrected chi connectivity index (χ2v) is 5.17. The summed E-state index contributed by atoms with van der Waals surface area (Å²) in [7, 11) is 0. The zero-order valence-corrected chi connectivity index (χ0v) is 13.6. The third-order valence-electron chi connectivity index (χ3n) is 3.60. The van der Waals surface area contributed by atoms with Gasteiger partial charge in [-0.15, -0.1) is 12.4 Å². The highest BCUT2D eigenvalue weighted by Gasteiger charge is 2.07. The SMILES string of the molecule is Cl.NCc1ccc(-c2ccccc2)c(OCc2ccccc2)c1. The Morgan fingerprint density at radius 3 is 2.04 bits per heavy atom. The van der Waals surface area contributed by atoms with Crippen molar-refractivity contribution in [1.29, 1.82) is 0 Å². The molecule has 0 saturated carbocycles. The first-order valence-corrected chi connectivity index (χ1v) is 7.42. The molecule has 0 aliphatic rings. The van der Waals surface area contributed by atoms with Crippen molar-refractivity contribution in [3.63, 3.8) is 0 Å². The fourth-order valence-electron chi connectivity index (χ4n) is 2.40. The highest BCUT2D eigenvalue weighted by molar-refractivity contribution is 5.85. The van der Waals surface area contributed by atoms with Crippen LogP contribution in [-0.2, 0) is 13.2 Å². The number of hydrogen-bond donors (Lipinski definition) is 1. The maximum absolute atomic E-state index is 6.06. The summed E-state index contributed by atoms with van der Waals surface area (Å²) in [4.78, 5) is 0. The molecule has 0 bridgehead atoms. The van der Waals surface area contributed by atoms with E-state index in [4.69, 9.17) is 10.5 Å². The second-order valence-electron chi connectivity index (χ2n) is 5.17. The van der Waals surface area contributed by atoms with E-state index in [1.54, 1.807) is 0 Å². The van der Waals surface area contributed by atoms with E-state index >= 15 is 0 Å². The summed E-state index contributed by atoms with van der Waals surface area (Å²) in [5.74, 6) is 0.873. The summed E-state index contributed by atoms with van der Waals surface area (Å²) >= 11 is 0. The van der Waals surface area contributed by atoms with Gasteiger partial charge < -0.3 is 10.5 Å². The first kappa shape index (κ1) is 17.1. The van der Waals surface area contributed by atoms with Crippen LogP contribution < -0.4 is 10.5 Å². The Hall–Kier alpha value is -2.29. The van der Waals surface area contributed by atoms with E-state index in [-0.39, 0.29) is 12.4 Å². The maximum atomic E-state index is 6.06. The lowest BCUT2D eigenvalue weighted by molar-refractivity contribution is 0.307. The van der Waals surface area contributed by atoms with Gasteiger partial charge in [0.05, 0.1) is 0 Å². The number of benzene rings is 3. The molecular weight excluding hydrogens is 306 g/mol. The van der Waals surface area contributed by atoms with E-state index in [9.17, 15) is 0 Å². The average Bonchev–Trinajstić information content (AvgIpc) is 2.61. The zero-order valence-electron chi connectivity index (χ0n) is 12.8. The monoisotopic (exact) mass is 325 g/mol. The molecule has 0 unspecified atom stereocenters. The van der Waals surface area contributed by atoms with Gasteiger partial charge in [0.1, 0.15) is 12.4 Å². The smallest absolute Gasteiger partial charge is 0.127 e. The molecule has 3 aromatic rings. The van der Waals surface area contributed by atoms with Crippen molar-refractivity contribution >= 4 is 12.4 Å². The van der Waals surface area contributed by atoms with E-state index in [1.165, 1.54) is 0 Å². The third-order valence-corrected chi connectivity index (χ3v) is 3.60. The normalized spacial score (nSPS) is 9.96. The van der Waals surface area contributed by atoms with E-state index in [2.05, 4.69) is 36.4 Å². The minimum Gasteiger partial charge on any atom is -0.488 e. The topological polar surface area (TPSA) is 35.2 Å². The Morgan fingerprint density at radius 2 is 1.39 bits per heavy atom. The predicted molar refractivity (Wildman–Crippen MR) is 97.8 cm³/mol. The van der Waals surface area contributed by atoms with Gasteiger partial charge in [0, 0.05) is 12.1 Å². The molecule has 0 aromatic heterocycles. The Kier molecular flexibility index (Phi) is 6.21. The fraction of sp³-hybridized carbons (Fsp3) is 0.100. The Balaban J connectivity index is 0.00000192. The molecule has 2 nitrogen and oxygen atoms in total. The Bertz CT molecular complexity index is 729. The lowest BCUT2D eigenvalue weighted by Gasteiger charge is -2.13. The lowest BCUT2D eigenvalue weighted by Crippen LogP contribution is -2.00. The molecule has 0 aliphatic heterocycles. The number of rotatable bonds is 5. The van der Waals surface area contributed by atoms with Crippen LogP contribution in [-0.4, -0.2) is 0 Å². The van der Waals surface area contributed by atoms with Crippen LogP contribution in [0.3, 0.4) is 0 Å². The van der Waals surface area contributed by atoms with Gasteiger partial charge in [0.2, 0.25) is 0 Å². The maximum Gasteiger partial charge on any atom is 0.127 e. The van der Waals surface area contributed by atoms with Gasteiger partial charge >= 0.3 is 0 Å². The molecule has 23 heavy (non-hydrogen) atoms. The summed E-state index contributed by atoms with van der Waals surface area (Å²) in [5.41, 5.74) is 10.2. The van der Waals surface area contributed by atoms with Gasteiger partial charge in [0.25, 0.3) is 0 Å². The van der Waals surface area contributed by atoms with Crippen molar-refractivity contribution in [2.45, 2.75) is 13.2 Å². The first-order chi connectivity index (χ1) is 10.9. The molecule has 2 N–H and O–H groups in total. The molecule has 3 rings (SSSR count). The second kappa shape index (κ2) is 8.37. The van der Waals surface area contributed by atoms with E-state index in [0.29, 0.717) is 13.2 Å². The van der Waals surface area contributed by atoms with Crippen molar-refractivity contribution < 1.29 is 4.74 Å². The molecule has 0 radical (unpaired) electrons. The summed E-state index contributed by atoms with van der Waals surface area (Å²) < 4.78 is 6.06. The molecular formula is C20H20ClNO. The van der Waals surface area contributed by atoms with Crippen LogP contribution in [0.2, 0.25) is 0 Å². The molecule has 0 saturated heterocycles. The highest BCUT2D eigenvalue weighted by Crippen LogP contribution is 2.31. The molecule has 0 heterocycles. The third kappa shape index (κ3) is 4.35. The Labute approximate surface area is 143 Å². The average molecular weight is 326 g/mol. The van der Waals surface area contributed by atoms with Crippen LogP contribution in [0.1, 0.15) is 11.1 Å². The van der Waals surface area contributed by atoms with Crippen LogP contribution in [0.15, 0.2) is 78.9 Å². The minimum absolute atomic E-state index is 0. The number of ether oxygens (including phenoxy) is 1. The van der Waals surface area contributed by atoms with Crippen molar-refractivity contribution in [2.75, 3.05) is 0 Å². The molecule has 0 spiro atoms. The van der Waals surface area contributed by atoms with Crippen molar-refractivity contribution in [2.24, 2.45) is 5.73 Å². The fourth-order valence-corrected chi connectivity index (χ4v) is 2.40. The highest BCUT2D eigenvalue weighted by atomic mass is 35.5. The number of nitrogens with two attached hydrogens (primary N) is 1. The molecule has 0 aliphatic carbocycles. The van der Waals surface area contributed by atoms with E-state index in [0.717, 1.165) is 28.0 Å². The predicted octanol–water partition coefficient (Wildman–Crippen LogP) is 4.81. The van der Waals surface area contributed by atoms with Crippen molar-refractivity contribution in [3.05, 3.63) is 90.0 Å². The van der Waals surface area contributed by atoms with Crippen molar-refractivity contribution in [3.8, 4) is 16.9 Å². The quantitative estimate of drug-likeness (QED) is 0.730. The van der Waals surface area contributed by atoms with Crippen molar-refractivity contribution in [1.82, 2.24) is 0 Å². The lowest BCUT2D eigenvalue weighted by atomic mass is 10.0. The van der Waals surface area contributed by atoms with Crippen LogP contribution in [0, 0.1) is 0 Å². The minimum atomic E-state index is 0. The number of halogens is 1. The van der Waals surface area contributed by atoms with E-state index in [1.807, 2.05) is 42.5 Å². The number of hydrogen-bond acceptors (Lipinski definition) is 2. The molecule has 3 heteroatoms. The molecule has 3 aromatic carbocycles. The summed E-state index contributed by atoms with van der Waals surface area (Å²) in [5, 5.41) is 0. The molecule has 0 fully saturated rings. The summed E-state index contributed by atoms with van der Waals surface area (Å²) in [6, 6.07) is 26.6. The van der Waals surface area contributed by atoms with Gasteiger partial charge in [-0.05, 0) is 22.8 Å². The molecule has 118 valence electrons. The van der Waals surface area contributed by atoms with Crippen LogP contribution >= 0.6 is 12.4 Å². The van der Waals surface area contributed by atoms with Gasteiger partial charge in [-0.25, -0.2) is 0 Å². The van der Waals surface area contributed by atoms with Crippen LogP contribution in [0.5, 0.6) is 5.75 Å². The zero-order chi connectivity index (χ0) is 15.2. The van der Waals surface area contributed by atoms with Gasteiger partial charge in [0.15, 0.2) is 0 Å². The first-order valence-electron chi connectivity index (χ1n) is 7.42. The summed E-state index contributed by atoms with van der Waals surface area (Å²) in [6.45, 7) is 1.06. The standard InChI is InChI=1S/C20H19NO.ClH/c21-14-17-11-12-19(18-9-5-2-6-10-18)20(13-17)22-15-16-7-3-1-4-8-16;/h1-13H,14-15,21H2;1H. The summed E-state index contributed by atoms with van der Waals surface area (Å²) in [6.07, 6.45) is 0. The molecule has 0 atom stereocenters. The van der Waals surface area contributed by atoms with Crippen LogP contribution in [0.4, 0.5) is 0 Å². The molecule has 0 amide bonds.